The van der Waals surface area contributed by atoms with Crippen LogP contribution in [0.1, 0.15) is 64.4 Å². The maximum atomic E-state index is 11.4. The van der Waals surface area contributed by atoms with Gasteiger partial charge in [-0.25, -0.2) is 0 Å². The Hall–Kier alpha value is -1.31. The molecule has 0 radical (unpaired) electrons. The Morgan fingerprint density at radius 2 is 1.95 bits per heavy atom. The lowest BCUT2D eigenvalue weighted by Crippen LogP contribution is -2.26. The monoisotopic (exact) mass is 288 g/mol. The van der Waals surface area contributed by atoms with E-state index in [9.17, 15) is 9.90 Å². The minimum atomic E-state index is -0.648. The van der Waals surface area contributed by atoms with Gasteiger partial charge in [-0.05, 0) is 48.5 Å². The van der Waals surface area contributed by atoms with E-state index in [1.54, 1.807) is 0 Å². The van der Waals surface area contributed by atoms with Crippen molar-refractivity contribution in [2.45, 2.75) is 65.2 Å². The highest BCUT2D eigenvalue weighted by Crippen LogP contribution is 2.55. The van der Waals surface area contributed by atoms with Gasteiger partial charge in [0.2, 0.25) is 0 Å². The summed E-state index contributed by atoms with van der Waals surface area (Å²) in [5.74, 6) is -0.648. The predicted molar refractivity (Wildman–Crippen MR) is 86.3 cm³/mol. The molecule has 1 N–H and O–H groups in total. The number of hydrogen-bond donors (Lipinski definition) is 1. The molecule has 2 rings (SSSR count). The fourth-order valence-electron chi connectivity index (χ4n) is 4.18. The SMILES string of the molecule is CCCC[C@@]1(C)CC[C@](CC(=O)O)(Cc2ccccc2)C1. The minimum absolute atomic E-state index is 0.0460. The second-order valence-corrected chi connectivity index (χ2v) is 7.32. The molecule has 1 aliphatic carbocycles. The van der Waals surface area contributed by atoms with Gasteiger partial charge in [0.1, 0.15) is 0 Å². The van der Waals surface area contributed by atoms with Crippen LogP contribution in [-0.2, 0) is 11.2 Å². The van der Waals surface area contributed by atoms with Gasteiger partial charge in [-0.15, -0.1) is 0 Å². The van der Waals surface area contributed by atoms with E-state index in [4.69, 9.17) is 0 Å². The smallest absolute Gasteiger partial charge is 0.303 e. The van der Waals surface area contributed by atoms with Crippen LogP contribution in [0.3, 0.4) is 0 Å². The largest absolute Gasteiger partial charge is 0.481 e. The Bertz CT molecular complexity index is 468. The van der Waals surface area contributed by atoms with E-state index in [1.807, 2.05) is 6.07 Å². The van der Waals surface area contributed by atoms with Crippen LogP contribution in [0.4, 0.5) is 0 Å². The summed E-state index contributed by atoms with van der Waals surface area (Å²) in [7, 11) is 0. The molecule has 0 aliphatic heterocycles. The lowest BCUT2D eigenvalue weighted by Gasteiger charge is -2.31. The molecule has 21 heavy (non-hydrogen) atoms. The molecule has 116 valence electrons. The highest BCUT2D eigenvalue weighted by Gasteiger charge is 2.46. The first-order valence-corrected chi connectivity index (χ1v) is 8.23. The second kappa shape index (κ2) is 6.64. The highest BCUT2D eigenvalue weighted by atomic mass is 16.4. The third-order valence-corrected chi connectivity index (χ3v) is 5.14. The van der Waals surface area contributed by atoms with Crippen molar-refractivity contribution in [3.63, 3.8) is 0 Å². The summed E-state index contributed by atoms with van der Waals surface area (Å²) in [6.45, 7) is 4.59. The number of rotatable bonds is 7. The van der Waals surface area contributed by atoms with E-state index in [0.717, 1.165) is 19.3 Å². The number of carboxylic acid groups (broad SMARTS) is 1. The van der Waals surface area contributed by atoms with Crippen LogP contribution < -0.4 is 0 Å². The first-order chi connectivity index (χ1) is 9.97. The molecular formula is C19H28O2. The van der Waals surface area contributed by atoms with E-state index in [0.29, 0.717) is 11.8 Å². The van der Waals surface area contributed by atoms with Crippen LogP contribution in [0.5, 0.6) is 0 Å². The fourth-order valence-corrected chi connectivity index (χ4v) is 4.18. The molecule has 1 aliphatic rings. The molecule has 1 fully saturated rings. The molecule has 0 heterocycles. The van der Waals surface area contributed by atoms with Gasteiger partial charge in [-0.3, -0.25) is 4.79 Å². The number of carbonyl (C=O) groups is 1. The first-order valence-electron chi connectivity index (χ1n) is 8.23. The van der Waals surface area contributed by atoms with Crippen molar-refractivity contribution in [2.75, 3.05) is 0 Å². The molecule has 0 unspecified atom stereocenters. The minimum Gasteiger partial charge on any atom is -0.481 e. The van der Waals surface area contributed by atoms with Gasteiger partial charge in [-0.1, -0.05) is 57.0 Å². The van der Waals surface area contributed by atoms with Crippen molar-refractivity contribution in [2.24, 2.45) is 10.8 Å². The molecule has 2 atom stereocenters. The summed E-state index contributed by atoms with van der Waals surface area (Å²) >= 11 is 0. The lowest BCUT2D eigenvalue weighted by atomic mass is 9.73. The van der Waals surface area contributed by atoms with Crippen molar-refractivity contribution in [1.29, 1.82) is 0 Å². The Labute approximate surface area is 128 Å². The summed E-state index contributed by atoms with van der Waals surface area (Å²) in [6, 6.07) is 10.4. The molecule has 0 amide bonds. The third-order valence-electron chi connectivity index (χ3n) is 5.14. The Morgan fingerprint density at radius 3 is 2.57 bits per heavy atom. The zero-order chi connectivity index (χ0) is 15.3. The molecule has 0 spiro atoms. The van der Waals surface area contributed by atoms with Crippen molar-refractivity contribution in [3.8, 4) is 0 Å². The van der Waals surface area contributed by atoms with Gasteiger partial charge in [0.15, 0.2) is 0 Å². The topological polar surface area (TPSA) is 37.3 Å². The van der Waals surface area contributed by atoms with Crippen molar-refractivity contribution < 1.29 is 9.90 Å². The average Bonchev–Trinajstić information content (AvgIpc) is 2.74. The van der Waals surface area contributed by atoms with Crippen LogP contribution in [0.25, 0.3) is 0 Å². The Morgan fingerprint density at radius 1 is 1.24 bits per heavy atom. The van der Waals surface area contributed by atoms with Crippen LogP contribution >= 0.6 is 0 Å². The first kappa shape index (κ1) is 16.1. The zero-order valence-electron chi connectivity index (χ0n) is 13.4. The maximum Gasteiger partial charge on any atom is 0.303 e. The molecule has 0 saturated heterocycles. The van der Waals surface area contributed by atoms with Crippen molar-refractivity contribution in [1.82, 2.24) is 0 Å². The summed E-state index contributed by atoms with van der Waals surface area (Å²) in [5.41, 5.74) is 1.56. The maximum absolute atomic E-state index is 11.4. The van der Waals surface area contributed by atoms with Crippen LogP contribution in [0.15, 0.2) is 30.3 Å². The Balaban J connectivity index is 2.14. The summed E-state index contributed by atoms with van der Waals surface area (Å²) < 4.78 is 0. The molecule has 0 aromatic heterocycles. The average molecular weight is 288 g/mol. The molecule has 2 nitrogen and oxygen atoms in total. The van der Waals surface area contributed by atoms with Gasteiger partial charge in [0.25, 0.3) is 0 Å². The number of unbranched alkanes of at least 4 members (excludes halogenated alkanes) is 1. The van der Waals surface area contributed by atoms with E-state index in [2.05, 4.69) is 38.1 Å². The van der Waals surface area contributed by atoms with Crippen molar-refractivity contribution >= 4 is 5.97 Å². The fraction of sp³-hybridized carbons (Fsp3) is 0.632. The lowest BCUT2D eigenvalue weighted by molar-refractivity contribution is -0.139. The summed E-state index contributed by atoms with van der Waals surface area (Å²) in [6.07, 6.45) is 8.21. The molecule has 1 aromatic carbocycles. The van der Waals surface area contributed by atoms with Gasteiger partial charge in [-0.2, -0.15) is 0 Å². The second-order valence-electron chi connectivity index (χ2n) is 7.32. The number of carboxylic acids is 1. The normalized spacial score (nSPS) is 28.7. The van der Waals surface area contributed by atoms with Crippen LogP contribution in [0, 0.1) is 10.8 Å². The van der Waals surface area contributed by atoms with Crippen LogP contribution in [0.2, 0.25) is 0 Å². The molecule has 1 aromatic rings. The van der Waals surface area contributed by atoms with Gasteiger partial charge >= 0.3 is 5.97 Å². The molecule has 1 saturated carbocycles. The molecule has 2 heteroatoms. The van der Waals surface area contributed by atoms with E-state index >= 15 is 0 Å². The van der Waals surface area contributed by atoms with Gasteiger partial charge in [0, 0.05) is 0 Å². The third kappa shape index (κ3) is 4.33. The number of hydrogen-bond acceptors (Lipinski definition) is 1. The Kier molecular flexibility index (Phi) is 5.08. The zero-order valence-corrected chi connectivity index (χ0v) is 13.4. The van der Waals surface area contributed by atoms with E-state index in [-0.39, 0.29) is 5.41 Å². The molecular weight excluding hydrogens is 260 g/mol. The standard InChI is InChI=1S/C19H28O2/c1-3-4-10-18(2)11-12-19(15-18,14-17(20)21)13-16-8-6-5-7-9-16/h5-9H,3-4,10-15H2,1-2H3,(H,20,21)/t18-,19+/m0/s1. The van der Waals surface area contributed by atoms with Crippen LogP contribution in [-0.4, -0.2) is 11.1 Å². The summed E-state index contributed by atoms with van der Waals surface area (Å²) in [5, 5.41) is 9.36. The van der Waals surface area contributed by atoms with E-state index in [1.165, 1.54) is 31.2 Å². The quantitative estimate of drug-likeness (QED) is 0.760. The predicted octanol–water partition coefficient (Wildman–Crippen LogP) is 5.07. The van der Waals surface area contributed by atoms with Crippen molar-refractivity contribution in [3.05, 3.63) is 35.9 Å². The van der Waals surface area contributed by atoms with Gasteiger partial charge < -0.3 is 5.11 Å². The summed E-state index contributed by atoms with van der Waals surface area (Å²) in [4.78, 5) is 11.4. The number of aliphatic carboxylic acids is 1. The van der Waals surface area contributed by atoms with E-state index < -0.39 is 5.97 Å². The van der Waals surface area contributed by atoms with Gasteiger partial charge in [0.05, 0.1) is 6.42 Å². The highest BCUT2D eigenvalue weighted by molar-refractivity contribution is 5.68. The number of benzene rings is 1. The molecule has 0 bridgehead atoms.